The third-order valence-corrected chi connectivity index (χ3v) is 2.91. The van der Waals surface area contributed by atoms with E-state index in [0.29, 0.717) is 23.9 Å². The van der Waals surface area contributed by atoms with Gasteiger partial charge in [-0.2, -0.15) is 0 Å². The van der Waals surface area contributed by atoms with E-state index in [1.54, 1.807) is 0 Å². The Bertz CT molecular complexity index is 397. The summed E-state index contributed by atoms with van der Waals surface area (Å²) in [5.41, 5.74) is 0.250. The van der Waals surface area contributed by atoms with E-state index in [-0.39, 0.29) is 11.5 Å². The number of carbonyl (C=O) groups excluding carboxylic acids is 1. The molecule has 0 aliphatic rings. The van der Waals surface area contributed by atoms with Crippen LogP contribution in [0.1, 0.15) is 30.1 Å². The maximum absolute atomic E-state index is 11.7. The number of nitrogens with one attached hydrogen (secondary N) is 2. The van der Waals surface area contributed by atoms with Crippen LogP contribution >= 0.6 is 11.6 Å². The van der Waals surface area contributed by atoms with E-state index in [4.69, 9.17) is 11.6 Å². The molecule has 0 aromatic carbocycles. The third kappa shape index (κ3) is 4.61. The molecule has 0 saturated carbocycles. The minimum Gasteiger partial charge on any atom is -0.352 e. The Morgan fingerprint density at radius 1 is 1.53 bits per heavy atom. The van der Waals surface area contributed by atoms with Crippen molar-refractivity contribution in [3.05, 3.63) is 34.2 Å². The fourth-order valence-corrected chi connectivity index (χ4v) is 1.80. The van der Waals surface area contributed by atoms with Crippen LogP contribution in [0, 0.1) is 5.92 Å². The Hall–Kier alpha value is -1.29. The van der Waals surface area contributed by atoms with E-state index in [1.165, 1.54) is 18.3 Å². The van der Waals surface area contributed by atoms with Crippen LogP contribution < -0.4 is 10.9 Å². The van der Waals surface area contributed by atoms with E-state index in [9.17, 15) is 9.59 Å². The first-order chi connectivity index (χ1) is 8.17. The Morgan fingerprint density at radius 2 is 2.29 bits per heavy atom. The van der Waals surface area contributed by atoms with Crippen LogP contribution in [0.15, 0.2) is 23.1 Å². The first-order valence-corrected chi connectivity index (χ1v) is 6.23. The molecule has 1 aromatic rings. The van der Waals surface area contributed by atoms with Crippen molar-refractivity contribution in [1.29, 1.82) is 0 Å². The number of pyridine rings is 1. The first-order valence-electron chi connectivity index (χ1n) is 5.70. The zero-order valence-corrected chi connectivity index (χ0v) is 10.6. The molecule has 1 unspecified atom stereocenters. The van der Waals surface area contributed by atoms with E-state index >= 15 is 0 Å². The van der Waals surface area contributed by atoms with Crippen molar-refractivity contribution in [2.75, 3.05) is 12.4 Å². The van der Waals surface area contributed by atoms with Crippen LogP contribution in [0.3, 0.4) is 0 Å². The third-order valence-electron chi connectivity index (χ3n) is 2.69. The van der Waals surface area contributed by atoms with Crippen LogP contribution in [0.2, 0.25) is 0 Å². The minimum atomic E-state index is -0.213. The molecule has 0 spiro atoms. The summed E-state index contributed by atoms with van der Waals surface area (Å²) in [6.07, 6.45) is 3.29. The molecule has 1 rings (SSSR count). The highest BCUT2D eigenvalue weighted by Gasteiger charge is 2.09. The molecule has 0 bridgehead atoms. The summed E-state index contributed by atoms with van der Waals surface area (Å²) in [5.74, 6) is 0.834. The van der Waals surface area contributed by atoms with E-state index in [0.717, 1.165) is 12.8 Å². The van der Waals surface area contributed by atoms with Gasteiger partial charge in [-0.05, 0) is 18.4 Å². The maximum atomic E-state index is 11.7. The largest absolute Gasteiger partial charge is 0.352 e. The topological polar surface area (TPSA) is 62.0 Å². The van der Waals surface area contributed by atoms with Gasteiger partial charge in [-0.25, -0.2) is 0 Å². The highest BCUT2D eigenvalue weighted by Crippen LogP contribution is 2.08. The lowest BCUT2D eigenvalue weighted by atomic mass is 10.0. The number of H-pyrrole nitrogens is 1. The molecule has 94 valence electrons. The number of carbonyl (C=O) groups is 1. The summed E-state index contributed by atoms with van der Waals surface area (Å²) in [6.45, 7) is 2.69. The smallest absolute Gasteiger partial charge is 0.252 e. The number of amides is 1. The standard InChI is InChI=1S/C12H17ClN2O2/c1-2-9(5-6-13)7-15-12(17)10-3-4-11(16)14-8-10/h3-4,8-9H,2,5-7H2,1H3,(H,14,16)(H,15,17). The molecule has 17 heavy (non-hydrogen) atoms. The van der Waals surface area contributed by atoms with Crippen molar-refractivity contribution >= 4 is 17.5 Å². The van der Waals surface area contributed by atoms with Crippen LogP contribution in [-0.2, 0) is 0 Å². The van der Waals surface area contributed by atoms with Gasteiger partial charge in [0.05, 0.1) is 5.56 Å². The average molecular weight is 257 g/mol. The number of aromatic nitrogens is 1. The predicted octanol–water partition coefficient (Wildman–Crippen LogP) is 1.76. The number of halogens is 1. The number of hydrogen-bond donors (Lipinski definition) is 2. The number of hydrogen-bond acceptors (Lipinski definition) is 2. The highest BCUT2D eigenvalue weighted by molar-refractivity contribution is 6.17. The van der Waals surface area contributed by atoms with Gasteiger partial charge < -0.3 is 10.3 Å². The lowest BCUT2D eigenvalue weighted by Crippen LogP contribution is -2.29. The molecule has 0 saturated heterocycles. The Labute approximate surface area is 105 Å². The average Bonchev–Trinajstić information content (AvgIpc) is 2.35. The normalized spacial score (nSPS) is 12.1. The zero-order valence-electron chi connectivity index (χ0n) is 9.83. The van der Waals surface area contributed by atoms with E-state index in [2.05, 4.69) is 17.2 Å². The number of rotatable bonds is 6. The van der Waals surface area contributed by atoms with Gasteiger partial charge in [0, 0.05) is 24.7 Å². The molecule has 4 nitrogen and oxygen atoms in total. The SMILES string of the molecule is CCC(CCCl)CNC(=O)c1ccc(=O)[nH]c1. The summed E-state index contributed by atoms with van der Waals surface area (Å²) in [5, 5.41) is 2.83. The lowest BCUT2D eigenvalue weighted by molar-refractivity contribution is 0.0946. The molecule has 1 amide bonds. The van der Waals surface area contributed by atoms with Crippen LogP contribution in [0.4, 0.5) is 0 Å². The van der Waals surface area contributed by atoms with Gasteiger partial charge in [-0.3, -0.25) is 9.59 Å². The molecule has 1 heterocycles. The fraction of sp³-hybridized carbons (Fsp3) is 0.500. The van der Waals surface area contributed by atoms with Crippen LogP contribution in [0.25, 0.3) is 0 Å². The zero-order chi connectivity index (χ0) is 12.7. The van der Waals surface area contributed by atoms with Gasteiger partial charge >= 0.3 is 0 Å². The monoisotopic (exact) mass is 256 g/mol. The molecule has 1 atom stereocenters. The molecule has 0 aliphatic carbocycles. The molecule has 1 aromatic heterocycles. The Balaban J connectivity index is 2.49. The molecule has 5 heteroatoms. The van der Waals surface area contributed by atoms with Gasteiger partial charge in [-0.1, -0.05) is 13.3 Å². The quantitative estimate of drug-likeness (QED) is 0.762. The molecule has 0 radical (unpaired) electrons. The maximum Gasteiger partial charge on any atom is 0.252 e. The van der Waals surface area contributed by atoms with Crippen molar-refractivity contribution in [3.63, 3.8) is 0 Å². The molecule has 2 N–H and O–H groups in total. The Morgan fingerprint density at radius 3 is 2.82 bits per heavy atom. The minimum absolute atomic E-state index is 0.172. The molecular formula is C12H17ClN2O2. The van der Waals surface area contributed by atoms with Crippen LogP contribution in [-0.4, -0.2) is 23.3 Å². The second-order valence-corrected chi connectivity index (χ2v) is 4.28. The van der Waals surface area contributed by atoms with Gasteiger partial charge in [0.2, 0.25) is 5.56 Å². The van der Waals surface area contributed by atoms with Gasteiger partial charge in [0.1, 0.15) is 0 Å². The molecular weight excluding hydrogens is 240 g/mol. The lowest BCUT2D eigenvalue weighted by Gasteiger charge is -2.13. The fourth-order valence-electron chi connectivity index (χ4n) is 1.50. The van der Waals surface area contributed by atoms with Crippen LogP contribution in [0.5, 0.6) is 0 Å². The first kappa shape index (κ1) is 13.8. The van der Waals surface area contributed by atoms with Crippen molar-refractivity contribution in [3.8, 4) is 0 Å². The summed E-state index contributed by atoms with van der Waals surface area (Å²) >= 11 is 5.67. The molecule has 0 aliphatic heterocycles. The van der Waals surface area contributed by atoms with Crippen molar-refractivity contribution < 1.29 is 4.79 Å². The predicted molar refractivity (Wildman–Crippen MR) is 68.5 cm³/mol. The second kappa shape index (κ2) is 7.12. The van der Waals surface area contributed by atoms with Crippen molar-refractivity contribution in [2.24, 2.45) is 5.92 Å². The summed E-state index contributed by atoms with van der Waals surface area (Å²) in [6, 6.07) is 2.85. The van der Waals surface area contributed by atoms with E-state index < -0.39 is 0 Å². The molecule has 0 fully saturated rings. The van der Waals surface area contributed by atoms with Gasteiger partial charge in [0.15, 0.2) is 0 Å². The van der Waals surface area contributed by atoms with Gasteiger partial charge in [0.25, 0.3) is 5.91 Å². The summed E-state index contributed by atoms with van der Waals surface area (Å²) in [7, 11) is 0. The summed E-state index contributed by atoms with van der Waals surface area (Å²) < 4.78 is 0. The highest BCUT2D eigenvalue weighted by atomic mass is 35.5. The van der Waals surface area contributed by atoms with E-state index in [1.807, 2.05) is 0 Å². The van der Waals surface area contributed by atoms with Crippen molar-refractivity contribution in [1.82, 2.24) is 10.3 Å². The van der Waals surface area contributed by atoms with Gasteiger partial charge in [-0.15, -0.1) is 11.6 Å². The number of aromatic amines is 1. The Kier molecular flexibility index (Phi) is 5.77. The number of alkyl halides is 1. The van der Waals surface area contributed by atoms with Crippen molar-refractivity contribution in [2.45, 2.75) is 19.8 Å². The second-order valence-electron chi connectivity index (χ2n) is 3.90. The summed E-state index contributed by atoms with van der Waals surface area (Å²) in [4.78, 5) is 25.0.